The van der Waals surface area contributed by atoms with E-state index < -0.39 is 5.97 Å². The number of carbonyl (C=O) groups is 1. The van der Waals surface area contributed by atoms with Crippen molar-refractivity contribution in [3.63, 3.8) is 0 Å². The van der Waals surface area contributed by atoms with Gasteiger partial charge in [0.25, 0.3) is 5.56 Å². The van der Waals surface area contributed by atoms with Gasteiger partial charge in [0.1, 0.15) is 5.65 Å². The van der Waals surface area contributed by atoms with Crippen LogP contribution in [0.25, 0.3) is 22.1 Å². The first-order chi connectivity index (χ1) is 10.6. The number of fused-ring (bicyclic) bond motifs is 2. The van der Waals surface area contributed by atoms with E-state index in [4.69, 9.17) is 5.11 Å². The third kappa shape index (κ3) is 1.76. The number of nitrogens with zero attached hydrogens (tertiary/aromatic N) is 2. The third-order valence-electron chi connectivity index (χ3n) is 3.74. The summed E-state index contributed by atoms with van der Waals surface area (Å²) in [6.45, 7) is 0. The lowest BCUT2D eigenvalue weighted by atomic mass is 9.98. The highest BCUT2D eigenvalue weighted by Gasteiger charge is 2.11. The molecule has 0 aliphatic heterocycles. The van der Waals surface area contributed by atoms with Crippen LogP contribution in [-0.2, 0) is 0 Å². The summed E-state index contributed by atoms with van der Waals surface area (Å²) in [6, 6.07) is 8.50. The first kappa shape index (κ1) is 12.5. The van der Waals surface area contributed by atoms with Crippen molar-refractivity contribution >= 4 is 28.1 Å². The molecule has 0 fully saturated rings. The molecule has 0 saturated carbocycles. The second kappa shape index (κ2) is 4.39. The Balaban J connectivity index is 2.04. The summed E-state index contributed by atoms with van der Waals surface area (Å²) in [6.07, 6.45) is 7.18. The average molecular weight is 290 g/mol. The number of hydrogen-bond acceptors (Lipinski definition) is 3. The molecule has 1 N–H and O–H groups in total. The topological polar surface area (TPSA) is 71.7 Å². The van der Waals surface area contributed by atoms with Crippen molar-refractivity contribution in [1.82, 2.24) is 9.38 Å². The molecule has 1 aliphatic rings. The van der Waals surface area contributed by atoms with Crippen molar-refractivity contribution < 1.29 is 9.90 Å². The van der Waals surface area contributed by atoms with Crippen LogP contribution in [-0.4, -0.2) is 20.5 Å². The van der Waals surface area contributed by atoms with Crippen molar-refractivity contribution in [3.05, 3.63) is 76.2 Å². The Morgan fingerprint density at radius 2 is 2.00 bits per heavy atom. The van der Waals surface area contributed by atoms with Crippen LogP contribution in [0, 0.1) is 0 Å². The number of rotatable bonds is 2. The van der Waals surface area contributed by atoms with E-state index in [0.29, 0.717) is 16.6 Å². The van der Waals surface area contributed by atoms with Crippen LogP contribution < -0.4 is 5.56 Å². The molecule has 2 heterocycles. The standard InChI is InChI=1S/C17H10N2O3/c20-16-13-8-11(10-2-1-3-10)4-6-14(13)18-15-7-5-12(17(21)22)9-19(15)16/h1-9H,(H,21,22). The van der Waals surface area contributed by atoms with Gasteiger partial charge >= 0.3 is 5.97 Å². The number of benzene rings is 1. The Kier molecular flexibility index (Phi) is 2.50. The van der Waals surface area contributed by atoms with Crippen molar-refractivity contribution in [3.8, 4) is 0 Å². The van der Waals surface area contributed by atoms with Crippen molar-refractivity contribution in [2.45, 2.75) is 0 Å². The maximum atomic E-state index is 12.6. The van der Waals surface area contributed by atoms with E-state index >= 15 is 0 Å². The van der Waals surface area contributed by atoms with Crippen LogP contribution in [0.1, 0.15) is 15.9 Å². The summed E-state index contributed by atoms with van der Waals surface area (Å²) in [5, 5.41) is 9.53. The molecule has 3 aromatic rings. The summed E-state index contributed by atoms with van der Waals surface area (Å²) < 4.78 is 1.28. The normalized spacial score (nSPS) is 13.2. The molecule has 0 spiro atoms. The largest absolute Gasteiger partial charge is 0.478 e. The molecule has 0 unspecified atom stereocenters. The van der Waals surface area contributed by atoms with Crippen LogP contribution >= 0.6 is 0 Å². The molecule has 4 rings (SSSR count). The second-order valence-corrected chi connectivity index (χ2v) is 5.08. The van der Waals surface area contributed by atoms with E-state index in [2.05, 4.69) is 4.98 Å². The molecule has 1 aliphatic carbocycles. The lowest BCUT2D eigenvalue weighted by Crippen LogP contribution is -2.16. The number of hydrogen-bond donors (Lipinski definition) is 1. The molecular formula is C17H10N2O3. The zero-order chi connectivity index (χ0) is 15.3. The molecule has 106 valence electrons. The summed E-state index contributed by atoms with van der Waals surface area (Å²) in [7, 11) is 0. The van der Waals surface area contributed by atoms with E-state index in [1.54, 1.807) is 6.07 Å². The van der Waals surface area contributed by atoms with Crippen molar-refractivity contribution in [1.29, 1.82) is 0 Å². The van der Waals surface area contributed by atoms with Gasteiger partial charge < -0.3 is 5.11 Å². The maximum absolute atomic E-state index is 12.6. The van der Waals surface area contributed by atoms with Gasteiger partial charge in [-0.25, -0.2) is 9.78 Å². The molecule has 0 bridgehead atoms. The first-order valence-corrected chi connectivity index (χ1v) is 6.72. The Labute approximate surface area is 124 Å². The predicted octanol–water partition coefficient (Wildman–Crippen LogP) is 2.50. The minimum atomic E-state index is -1.08. The van der Waals surface area contributed by atoms with E-state index in [1.807, 2.05) is 30.4 Å². The van der Waals surface area contributed by atoms with E-state index in [0.717, 1.165) is 11.1 Å². The van der Waals surface area contributed by atoms with Crippen LogP contribution in [0.15, 0.2) is 59.6 Å². The van der Waals surface area contributed by atoms with E-state index in [9.17, 15) is 9.59 Å². The number of aromatic carboxylic acids is 1. The number of allylic oxidation sites excluding steroid dienone is 4. The average Bonchev–Trinajstić information content (AvgIpc) is 2.46. The van der Waals surface area contributed by atoms with Crippen LogP contribution in [0.4, 0.5) is 0 Å². The molecule has 0 amide bonds. The van der Waals surface area contributed by atoms with Gasteiger partial charge in [0, 0.05) is 6.20 Å². The monoisotopic (exact) mass is 290 g/mol. The SMILES string of the molecule is O=C(O)c1ccc2nc3ccc(C4=CC=C4)cc3c(=O)n2c1. The molecule has 2 aromatic heterocycles. The second-order valence-electron chi connectivity index (χ2n) is 5.08. The van der Waals surface area contributed by atoms with Gasteiger partial charge in [-0.3, -0.25) is 9.20 Å². The third-order valence-corrected chi connectivity index (χ3v) is 3.74. The van der Waals surface area contributed by atoms with Crippen molar-refractivity contribution in [2.24, 2.45) is 0 Å². The molecule has 1 aromatic carbocycles. The quantitative estimate of drug-likeness (QED) is 0.736. The molecule has 22 heavy (non-hydrogen) atoms. The summed E-state index contributed by atoms with van der Waals surface area (Å²) in [5.74, 6) is -1.08. The smallest absolute Gasteiger partial charge is 0.337 e. The minimum absolute atomic E-state index is 0.0524. The number of carboxylic acids is 1. The number of carboxylic acid groups (broad SMARTS) is 1. The number of aromatic nitrogens is 2. The molecule has 0 saturated heterocycles. The van der Waals surface area contributed by atoms with E-state index in [1.165, 1.54) is 22.7 Å². The van der Waals surface area contributed by atoms with Gasteiger partial charge in [0.05, 0.1) is 16.5 Å². The van der Waals surface area contributed by atoms with Gasteiger partial charge in [-0.15, -0.1) is 0 Å². The summed E-state index contributed by atoms with van der Waals surface area (Å²) in [4.78, 5) is 28.1. The van der Waals surface area contributed by atoms with Gasteiger partial charge in [0.2, 0.25) is 0 Å². The Morgan fingerprint density at radius 3 is 2.68 bits per heavy atom. The Bertz CT molecular complexity index is 1070. The Morgan fingerprint density at radius 1 is 1.18 bits per heavy atom. The van der Waals surface area contributed by atoms with Gasteiger partial charge in [-0.1, -0.05) is 24.3 Å². The summed E-state index contributed by atoms with van der Waals surface area (Å²) >= 11 is 0. The number of pyridine rings is 1. The van der Waals surface area contributed by atoms with E-state index in [-0.39, 0.29) is 11.1 Å². The lowest BCUT2D eigenvalue weighted by molar-refractivity contribution is 0.0696. The van der Waals surface area contributed by atoms with Gasteiger partial charge in [-0.2, -0.15) is 0 Å². The zero-order valence-electron chi connectivity index (χ0n) is 11.4. The highest BCUT2D eigenvalue weighted by molar-refractivity contribution is 5.90. The molecule has 0 atom stereocenters. The van der Waals surface area contributed by atoms with Crippen molar-refractivity contribution in [2.75, 3.05) is 0 Å². The van der Waals surface area contributed by atoms with Gasteiger partial charge in [0.15, 0.2) is 0 Å². The van der Waals surface area contributed by atoms with Crippen LogP contribution in [0.3, 0.4) is 0 Å². The highest BCUT2D eigenvalue weighted by Crippen LogP contribution is 2.24. The Hall–Kier alpha value is -3.21. The molecule has 5 heteroatoms. The predicted molar refractivity (Wildman–Crippen MR) is 83.0 cm³/mol. The fourth-order valence-electron chi connectivity index (χ4n) is 2.50. The molecule has 5 nitrogen and oxygen atoms in total. The van der Waals surface area contributed by atoms with Crippen LogP contribution in [0.5, 0.6) is 0 Å². The fourth-order valence-corrected chi connectivity index (χ4v) is 2.50. The van der Waals surface area contributed by atoms with Gasteiger partial charge in [-0.05, 0) is 35.4 Å². The molecular weight excluding hydrogens is 280 g/mol. The summed E-state index contributed by atoms with van der Waals surface area (Å²) in [5.41, 5.74) is 2.82. The molecule has 0 radical (unpaired) electrons. The maximum Gasteiger partial charge on any atom is 0.337 e. The highest BCUT2D eigenvalue weighted by atomic mass is 16.4. The zero-order valence-corrected chi connectivity index (χ0v) is 11.4. The minimum Gasteiger partial charge on any atom is -0.478 e. The van der Waals surface area contributed by atoms with Crippen LogP contribution in [0.2, 0.25) is 0 Å². The lowest BCUT2D eigenvalue weighted by Gasteiger charge is -2.09. The fraction of sp³-hybridized carbons (Fsp3) is 0. The first-order valence-electron chi connectivity index (χ1n) is 6.72.